The highest BCUT2D eigenvalue weighted by Gasteiger charge is 2.62. The van der Waals surface area contributed by atoms with Crippen molar-refractivity contribution >= 4 is 11.8 Å². The first-order valence-corrected chi connectivity index (χ1v) is 32.7. The second kappa shape index (κ2) is 27.1. The zero-order chi connectivity index (χ0) is 52.4. The van der Waals surface area contributed by atoms with Crippen LogP contribution in [0.15, 0.2) is 12.2 Å². The highest BCUT2D eigenvalue weighted by molar-refractivity contribution is 5.76. The van der Waals surface area contributed by atoms with Crippen LogP contribution in [0.3, 0.4) is 0 Å². The molecule has 8 N–H and O–H groups in total. The lowest BCUT2D eigenvalue weighted by Gasteiger charge is -2.61. The molecule has 0 aromatic heterocycles. The Morgan fingerprint density at radius 1 is 0.473 bits per heavy atom. The predicted octanol–water partition coefficient (Wildman–Crippen LogP) is 13.4. The lowest BCUT2D eigenvalue weighted by molar-refractivity contribution is -0.124. The van der Waals surface area contributed by atoms with Crippen LogP contribution in [0.4, 0.5) is 0 Å². The molecule has 8 aliphatic rings. The molecular formula is C66H118N6O2. The number of nitrogens with one attached hydrogen (secondary N) is 4. The van der Waals surface area contributed by atoms with Gasteiger partial charge in [-0.05, 0) is 324 Å². The molecule has 0 unspecified atom stereocenters. The molecule has 8 aliphatic carbocycles. The molecule has 8 saturated carbocycles. The molecule has 0 bridgehead atoms. The van der Waals surface area contributed by atoms with Gasteiger partial charge in [0.25, 0.3) is 0 Å². The fourth-order valence-electron chi connectivity index (χ4n) is 20.9. The summed E-state index contributed by atoms with van der Waals surface area (Å²) in [6.45, 7) is 23.0. The van der Waals surface area contributed by atoms with Gasteiger partial charge in [-0.3, -0.25) is 9.59 Å². The van der Waals surface area contributed by atoms with E-state index in [-0.39, 0.29) is 11.8 Å². The van der Waals surface area contributed by atoms with Crippen molar-refractivity contribution in [3.8, 4) is 0 Å². The first kappa shape index (κ1) is 58.7. The SMILES string of the molecule is C[C@H](CCC(=O)NCCCNCCCCN)[C@H]1CC[C@H]2[C@@H]3CC[C@@H]4C[C@@H](C/C=C/C[C@H]5CC[C@@]6(C)[C@H](CC[C@@H]7[C@@H]6CC[C@]6(C)[C@@H]([C@H](C)CCC(=O)NCCCNCCCCN)CC[C@@H]76)C5)CC[C@]4(C)[C@H]3CC[C@]12C. The Kier molecular flexibility index (Phi) is 21.5. The lowest BCUT2D eigenvalue weighted by atomic mass is 9.44. The molecule has 2 amide bonds. The van der Waals surface area contributed by atoms with Gasteiger partial charge in [0.15, 0.2) is 0 Å². The molecule has 18 atom stereocenters. The molecule has 0 spiro atoms. The van der Waals surface area contributed by atoms with Crippen LogP contribution in [0.2, 0.25) is 0 Å². The Balaban J connectivity index is 0.724. The number of hydrogen-bond acceptors (Lipinski definition) is 6. The average Bonchev–Trinajstić information content (AvgIpc) is 3.95. The van der Waals surface area contributed by atoms with Gasteiger partial charge in [-0.1, -0.05) is 53.7 Å². The quantitative estimate of drug-likeness (QED) is 0.0341. The largest absolute Gasteiger partial charge is 0.356 e. The number of carbonyl (C=O) groups is 2. The number of fused-ring (bicyclic) bond motifs is 10. The lowest BCUT2D eigenvalue weighted by Crippen LogP contribution is -2.53. The first-order valence-electron chi connectivity index (χ1n) is 32.7. The van der Waals surface area contributed by atoms with E-state index in [1.54, 1.807) is 0 Å². The van der Waals surface area contributed by atoms with Gasteiger partial charge >= 0.3 is 0 Å². The van der Waals surface area contributed by atoms with Crippen LogP contribution in [-0.2, 0) is 9.59 Å². The Hall–Kier alpha value is -1.48. The van der Waals surface area contributed by atoms with Crippen molar-refractivity contribution < 1.29 is 9.59 Å². The molecule has 0 saturated heterocycles. The van der Waals surface area contributed by atoms with Gasteiger partial charge in [-0.2, -0.15) is 0 Å². The smallest absolute Gasteiger partial charge is 0.220 e. The third kappa shape index (κ3) is 13.4. The van der Waals surface area contributed by atoms with Crippen LogP contribution in [0, 0.1) is 105 Å². The van der Waals surface area contributed by atoms with E-state index in [1.807, 2.05) is 0 Å². The number of hydrogen-bond donors (Lipinski definition) is 6. The van der Waals surface area contributed by atoms with Gasteiger partial charge in [0.05, 0.1) is 0 Å². The standard InChI is InChI=1S/C66H118N6O2/c1-47(17-27-61(73)71-43-13-41-69-39-11-9-37-67)55-23-25-57-53-21-19-51-45-49(29-33-63(51,3)59(53)31-35-65(55,57)5)15-7-8-16-50-30-34-64(4)52(46-50)20-22-54-58-26-24-56(66(58,6)36-32-60(54)64)48(2)18-28-62(74)72-44-14-42-70-40-12-10-38-68/h7-8,47-60,69-70H,9-46,67-68H2,1-6H3,(H,71,73)(H,72,74)/b8-7+/t47-,48-,49+,50+,51-,52-,53+,54+,55-,56-,57+,58+,59+,60+,63+,64+,65-,66-/m1/s1. The van der Waals surface area contributed by atoms with Crippen LogP contribution in [0.1, 0.15) is 234 Å². The number of allylic oxidation sites excluding steroid dienone is 2. The third-order valence-electron chi connectivity index (χ3n) is 25.1. The summed E-state index contributed by atoms with van der Waals surface area (Å²) in [4.78, 5) is 25.7. The molecule has 0 aromatic carbocycles. The predicted molar refractivity (Wildman–Crippen MR) is 310 cm³/mol. The van der Waals surface area contributed by atoms with Crippen LogP contribution in [0.25, 0.3) is 0 Å². The topological polar surface area (TPSA) is 134 Å². The fraction of sp³-hybridized carbons (Fsp3) is 0.939. The van der Waals surface area contributed by atoms with E-state index >= 15 is 0 Å². The number of unbranched alkanes of at least 4 members (excludes halogenated alkanes) is 2. The summed E-state index contributed by atoms with van der Waals surface area (Å²) in [7, 11) is 0. The summed E-state index contributed by atoms with van der Waals surface area (Å²) in [5, 5.41) is 13.4. The molecule has 74 heavy (non-hydrogen) atoms. The van der Waals surface area contributed by atoms with Gasteiger partial charge in [-0.25, -0.2) is 0 Å². The number of nitrogens with two attached hydrogens (primary N) is 2. The summed E-state index contributed by atoms with van der Waals surface area (Å²) in [5.41, 5.74) is 13.3. The third-order valence-corrected chi connectivity index (χ3v) is 25.1. The van der Waals surface area contributed by atoms with Gasteiger partial charge in [0, 0.05) is 25.9 Å². The van der Waals surface area contributed by atoms with E-state index in [1.165, 1.54) is 128 Å². The van der Waals surface area contributed by atoms with Gasteiger partial charge in [0.1, 0.15) is 0 Å². The van der Waals surface area contributed by atoms with E-state index in [9.17, 15) is 9.59 Å². The molecule has 8 rings (SSSR count). The van der Waals surface area contributed by atoms with Crippen molar-refractivity contribution in [3.05, 3.63) is 12.2 Å². The Bertz CT molecular complexity index is 1650. The summed E-state index contributed by atoms with van der Waals surface area (Å²) in [6, 6.07) is 0. The van der Waals surface area contributed by atoms with E-state index < -0.39 is 0 Å². The maximum atomic E-state index is 12.9. The summed E-state index contributed by atoms with van der Waals surface area (Å²) >= 11 is 0. The van der Waals surface area contributed by atoms with Crippen molar-refractivity contribution in [2.75, 3.05) is 52.4 Å². The van der Waals surface area contributed by atoms with Gasteiger partial charge < -0.3 is 32.7 Å². The minimum atomic E-state index is 0.257. The van der Waals surface area contributed by atoms with Crippen molar-refractivity contribution in [2.45, 2.75) is 234 Å². The number of carbonyl (C=O) groups excluding carboxylic acids is 2. The minimum absolute atomic E-state index is 0.257. The minimum Gasteiger partial charge on any atom is -0.356 e. The van der Waals surface area contributed by atoms with Gasteiger partial charge in [0.2, 0.25) is 11.8 Å². The van der Waals surface area contributed by atoms with E-state index in [2.05, 4.69) is 75.0 Å². The first-order chi connectivity index (χ1) is 35.7. The second-order valence-corrected chi connectivity index (χ2v) is 28.9. The Labute approximate surface area is 455 Å². The molecule has 8 heteroatoms. The van der Waals surface area contributed by atoms with Crippen LogP contribution in [0.5, 0.6) is 0 Å². The fourth-order valence-corrected chi connectivity index (χ4v) is 20.9. The molecular weight excluding hydrogens is 909 g/mol. The molecule has 0 heterocycles. The van der Waals surface area contributed by atoms with Crippen molar-refractivity contribution in [2.24, 2.45) is 116 Å². The van der Waals surface area contributed by atoms with Crippen molar-refractivity contribution in [1.82, 2.24) is 21.3 Å². The van der Waals surface area contributed by atoms with Crippen LogP contribution < -0.4 is 32.7 Å². The zero-order valence-electron chi connectivity index (χ0n) is 49.1. The van der Waals surface area contributed by atoms with Crippen LogP contribution >= 0.6 is 0 Å². The molecule has 0 radical (unpaired) electrons. The summed E-state index contributed by atoms with van der Waals surface area (Å²) in [5.74, 6) is 12.5. The highest BCUT2D eigenvalue weighted by atomic mass is 16.2. The highest BCUT2D eigenvalue weighted by Crippen LogP contribution is 2.70. The molecule has 0 aliphatic heterocycles. The molecule has 8 nitrogen and oxygen atoms in total. The Morgan fingerprint density at radius 2 is 0.865 bits per heavy atom. The summed E-state index contributed by atoms with van der Waals surface area (Å²) in [6.07, 6.45) is 44.1. The Morgan fingerprint density at radius 3 is 1.28 bits per heavy atom. The summed E-state index contributed by atoms with van der Waals surface area (Å²) < 4.78 is 0. The van der Waals surface area contributed by atoms with Crippen molar-refractivity contribution in [3.63, 3.8) is 0 Å². The van der Waals surface area contributed by atoms with E-state index in [0.29, 0.717) is 46.3 Å². The average molecular weight is 1030 g/mol. The normalized spacial score (nSPS) is 40.3. The van der Waals surface area contributed by atoms with Crippen molar-refractivity contribution in [1.29, 1.82) is 0 Å². The molecule has 8 fully saturated rings. The van der Waals surface area contributed by atoms with Gasteiger partial charge in [-0.15, -0.1) is 0 Å². The monoisotopic (exact) mass is 1030 g/mol. The number of amides is 2. The maximum absolute atomic E-state index is 12.9. The zero-order valence-corrected chi connectivity index (χ0v) is 49.1. The number of rotatable bonds is 28. The van der Waals surface area contributed by atoms with E-state index in [4.69, 9.17) is 11.5 Å². The second-order valence-electron chi connectivity index (χ2n) is 28.9. The van der Waals surface area contributed by atoms with E-state index in [0.717, 1.165) is 175 Å². The maximum Gasteiger partial charge on any atom is 0.220 e. The molecule has 0 aromatic rings. The van der Waals surface area contributed by atoms with Crippen LogP contribution in [-0.4, -0.2) is 64.2 Å². The molecule has 424 valence electrons.